The van der Waals surface area contributed by atoms with Gasteiger partial charge in [0.25, 0.3) is 0 Å². The zero-order chi connectivity index (χ0) is 23.3. The summed E-state index contributed by atoms with van der Waals surface area (Å²) in [4.78, 5) is 14.9. The summed E-state index contributed by atoms with van der Waals surface area (Å²) >= 11 is 17.7. The maximum atomic E-state index is 13.2. The molecule has 0 saturated heterocycles. The van der Waals surface area contributed by atoms with Crippen molar-refractivity contribution in [1.82, 2.24) is 14.3 Å². The van der Waals surface area contributed by atoms with Crippen molar-refractivity contribution in [3.8, 4) is 0 Å². The number of hydrogen-bond donors (Lipinski definition) is 1. The molecule has 32 heavy (non-hydrogen) atoms. The summed E-state index contributed by atoms with van der Waals surface area (Å²) < 4.78 is 3.87. The van der Waals surface area contributed by atoms with E-state index in [-0.39, 0.29) is 18.5 Å². The van der Waals surface area contributed by atoms with Crippen LogP contribution in [0.25, 0.3) is 0 Å². The van der Waals surface area contributed by atoms with Crippen LogP contribution in [0.1, 0.15) is 19.7 Å². The zero-order valence-corrected chi connectivity index (χ0v) is 20.3. The normalized spacial score (nSPS) is 10.9. The first-order chi connectivity index (χ1) is 15.3. The van der Waals surface area contributed by atoms with E-state index in [1.807, 2.05) is 54.8 Å². The first kappa shape index (κ1) is 24.0. The van der Waals surface area contributed by atoms with E-state index in [1.54, 1.807) is 27.8 Å². The van der Waals surface area contributed by atoms with Gasteiger partial charge in [-0.15, -0.1) is 6.58 Å². The summed E-state index contributed by atoms with van der Waals surface area (Å²) in [6.45, 7) is 8.68. The van der Waals surface area contributed by atoms with Crippen LogP contribution >= 0.6 is 35.4 Å². The Labute approximate surface area is 203 Å². The summed E-state index contributed by atoms with van der Waals surface area (Å²) in [6, 6.07) is 14.9. The molecule has 3 aromatic rings. The van der Waals surface area contributed by atoms with E-state index in [2.05, 4.69) is 17.0 Å². The Hall–Kier alpha value is -2.61. The van der Waals surface area contributed by atoms with Crippen molar-refractivity contribution in [2.45, 2.75) is 39.5 Å². The van der Waals surface area contributed by atoms with Crippen molar-refractivity contribution in [3.05, 3.63) is 81.8 Å². The molecule has 3 rings (SSSR count). The lowest BCUT2D eigenvalue weighted by Crippen LogP contribution is -2.39. The van der Waals surface area contributed by atoms with Crippen LogP contribution < -0.4 is 10.2 Å². The van der Waals surface area contributed by atoms with E-state index in [4.69, 9.17) is 35.4 Å². The Bertz CT molecular complexity index is 1160. The molecule has 0 aliphatic rings. The lowest BCUT2D eigenvalue weighted by molar-refractivity contribution is -0.119. The lowest BCUT2D eigenvalue weighted by Gasteiger charge is -2.26. The van der Waals surface area contributed by atoms with E-state index < -0.39 is 0 Å². The van der Waals surface area contributed by atoms with Gasteiger partial charge in [0.2, 0.25) is 5.91 Å². The molecule has 0 aliphatic heterocycles. The molecular weight excluding hydrogens is 465 g/mol. The number of para-hydroxylation sites is 1. The smallest absolute Gasteiger partial charge is 0.249 e. The summed E-state index contributed by atoms with van der Waals surface area (Å²) in [6.07, 6.45) is 1.75. The second-order valence-corrected chi connectivity index (χ2v) is 8.61. The second kappa shape index (κ2) is 10.8. The van der Waals surface area contributed by atoms with Gasteiger partial charge in [0, 0.05) is 24.0 Å². The highest BCUT2D eigenvalue weighted by Crippen LogP contribution is 2.25. The lowest BCUT2D eigenvalue weighted by atomic mass is 10.2. The van der Waals surface area contributed by atoms with Crippen molar-refractivity contribution in [2.75, 3.05) is 10.2 Å². The number of allylic oxidation sites excluding steroid dienone is 1. The molecule has 0 unspecified atom stereocenters. The molecule has 0 bridgehead atoms. The molecule has 0 radical (unpaired) electrons. The second-order valence-electron chi connectivity index (χ2n) is 7.43. The number of nitrogens with zero attached hydrogens (tertiary/aromatic N) is 4. The van der Waals surface area contributed by atoms with Crippen LogP contribution in [-0.2, 0) is 24.4 Å². The van der Waals surface area contributed by atoms with Gasteiger partial charge in [-0.3, -0.25) is 9.36 Å². The van der Waals surface area contributed by atoms with E-state index >= 15 is 0 Å². The van der Waals surface area contributed by atoms with Crippen molar-refractivity contribution in [1.29, 1.82) is 0 Å². The van der Waals surface area contributed by atoms with Gasteiger partial charge in [0.05, 0.1) is 16.6 Å². The Morgan fingerprint density at radius 1 is 1.22 bits per heavy atom. The monoisotopic (exact) mass is 489 g/mol. The topological polar surface area (TPSA) is 55.1 Å². The van der Waals surface area contributed by atoms with Crippen molar-refractivity contribution in [3.63, 3.8) is 0 Å². The van der Waals surface area contributed by atoms with Crippen molar-refractivity contribution in [2.24, 2.45) is 0 Å². The fraction of sp³-hybridized carbons (Fsp3) is 0.261. The predicted octanol–water partition coefficient (Wildman–Crippen LogP) is 5.96. The van der Waals surface area contributed by atoms with E-state index in [0.717, 1.165) is 11.4 Å². The van der Waals surface area contributed by atoms with Gasteiger partial charge in [-0.1, -0.05) is 47.5 Å². The minimum atomic E-state index is -0.0884. The molecule has 0 spiro atoms. The van der Waals surface area contributed by atoms with Gasteiger partial charge in [-0.2, -0.15) is 5.10 Å². The Morgan fingerprint density at radius 3 is 2.56 bits per heavy atom. The number of nitrogens with one attached hydrogen (secondary N) is 1. The van der Waals surface area contributed by atoms with Crippen molar-refractivity contribution < 1.29 is 4.79 Å². The van der Waals surface area contributed by atoms with Crippen molar-refractivity contribution >= 4 is 52.7 Å². The number of carbonyl (C=O) groups is 1. The van der Waals surface area contributed by atoms with Crippen LogP contribution in [0.2, 0.25) is 10.0 Å². The molecular formula is C23H25Cl2N5OS. The van der Waals surface area contributed by atoms with E-state index in [9.17, 15) is 4.79 Å². The van der Waals surface area contributed by atoms with E-state index in [0.29, 0.717) is 33.7 Å². The average molecular weight is 490 g/mol. The van der Waals surface area contributed by atoms with Gasteiger partial charge in [-0.05, 0) is 56.4 Å². The maximum Gasteiger partial charge on any atom is 0.249 e. The molecule has 1 heterocycles. The van der Waals surface area contributed by atoms with Gasteiger partial charge >= 0.3 is 0 Å². The molecule has 0 atom stereocenters. The highest BCUT2D eigenvalue weighted by atomic mass is 35.5. The molecule has 6 nitrogen and oxygen atoms in total. The number of aromatic nitrogens is 3. The average Bonchev–Trinajstić information content (AvgIpc) is 3.04. The molecule has 168 valence electrons. The fourth-order valence-electron chi connectivity index (χ4n) is 3.34. The zero-order valence-electron chi connectivity index (χ0n) is 18.0. The third kappa shape index (κ3) is 5.59. The Kier molecular flexibility index (Phi) is 8.12. The Balaban J connectivity index is 1.83. The number of amides is 1. The van der Waals surface area contributed by atoms with Gasteiger partial charge in [0.15, 0.2) is 10.6 Å². The molecule has 2 aromatic carbocycles. The van der Waals surface area contributed by atoms with Crippen LogP contribution in [0.4, 0.5) is 11.4 Å². The van der Waals surface area contributed by atoms with Gasteiger partial charge < -0.3 is 10.2 Å². The minimum Gasteiger partial charge on any atom is -0.378 e. The quantitative estimate of drug-likeness (QED) is 0.297. The Morgan fingerprint density at radius 2 is 1.94 bits per heavy atom. The number of carbonyl (C=O) groups excluding carboxylic acids is 1. The largest absolute Gasteiger partial charge is 0.378 e. The number of hydrogen-bond acceptors (Lipinski definition) is 4. The third-order valence-electron chi connectivity index (χ3n) is 4.79. The molecule has 1 N–H and O–H groups in total. The molecule has 0 aliphatic carbocycles. The molecule has 1 amide bonds. The SMILES string of the molecule is C=CCn1c(CNc2ccc(Cl)c(Cl)c2)nn(CC(=O)N(c2ccccc2)C(C)C)c1=S. The summed E-state index contributed by atoms with van der Waals surface area (Å²) in [5.74, 6) is 0.596. The first-order valence-electron chi connectivity index (χ1n) is 10.1. The number of halogens is 2. The van der Waals surface area contributed by atoms with Gasteiger partial charge in [-0.25, -0.2) is 4.68 Å². The van der Waals surface area contributed by atoms with Crippen LogP contribution in [0.15, 0.2) is 61.2 Å². The van der Waals surface area contributed by atoms with Gasteiger partial charge in [0.1, 0.15) is 6.54 Å². The molecule has 0 fully saturated rings. The van der Waals surface area contributed by atoms with Crippen LogP contribution in [-0.4, -0.2) is 26.3 Å². The summed E-state index contributed by atoms with van der Waals surface area (Å²) in [5.41, 5.74) is 1.64. The predicted molar refractivity (Wildman–Crippen MR) is 134 cm³/mol. The number of benzene rings is 2. The highest BCUT2D eigenvalue weighted by Gasteiger charge is 2.21. The summed E-state index contributed by atoms with van der Waals surface area (Å²) in [5, 5.41) is 8.84. The molecule has 0 saturated carbocycles. The standard InChI is InChI=1S/C23H25Cl2N5OS/c1-4-12-28-21(14-26-17-10-11-19(24)20(25)13-17)27-29(23(28)32)15-22(31)30(16(2)3)18-8-6-5-7-9-18/h4-11,13,16,26H,1,12,14-15H2,2-3H3. The minimum absolute atomic E-state index is 0.00915. The summed E-state index contributed by atoms with van der Waals surface area (Å²) in [7, 11) is 0. The maximum absolute atomic E-state index is 13.2. The van der Waals surface area contributed by atoms with Crippen LogP contribution in [0.5, 0.6) is 0 Å². The number of anilines is 2. The molecule has 9 heteroatoms. The van der Waals surface area contributed by atoms with Crippen LogP contribution in [0, 0.1) is 4.77 Å². The number of rotatable bonds is 9. The fourth-order valence-corrected chi connectivity index (χ4v) is 3.93. The first-order valence-corrected chi connectivity index (χ1v) is 11.3. The van der Waals surface area contributed by atoms with E-state index in [1.165, 1.54) is 0 Å². The van der Waals surface area contributed by atoms with Crippen LogP contribution in [0.3, 0.4) is 0 Å². The third-order valence-corrected chi connectivity index (χ3v) is 5.96. The highest BCUT2D eigenvalue weighted by molar-refractivity contribution is 7.71. The molecule has 1 aromatic heterocycles.